The van der Waals surface area contributed by atoms with Gasteiger partial charge in [-0.05, 0) is 32.2 Å². The lowest BCUT2D eigenvalue weighted by Gasteiger charge is -2.29. The molecular weight excluding hydrogens is 208 g/mol. The average molecular weight is 226 g/mol. The molecule has 0 bridgehead atoms. The van der Waals surface area contributed by atoms with E-state index in [0.717, 1.165) is 38.6 Å². The second-order valence-electron chi connectivity index (χ2n) is 4.59. The Balaban J connectivity index is 1.95. The number of carbonyl (C=O) groups excluding carboxylic acids is 1. The third-order valence-corrected chi connectivity index (χ3v) is 3.18. The number of nitrogens with zero attached hydrogens (tertiary/aromatic N) is 1. The van der Waals surface area contributed by atoms with Gasteiger partial charge in [0.2, 0.25) is 5.91 Å². The lowest BCUT2D eigenvalue weighted by molar-refractivity contribution is -0.146. The van der Waals surface area contributed by atoms with Gasteiger partial charge in [0.1, 0.15) is 6.54 Å². The second-order valence-corrected chi connectivity index (χ2v) is 4.59. The van der Waals surface area contributed by atoms with E-state index in [9.17, 15) is 9.59 Å². The number of hydrogen-bond acceptors (Lipinski definition) is 3. The Morgan fingerprint density at radius 1 is 1.25 bits per heavy atom. The highest BCUT2D eigenvalue weighted by atomic mass is 16.4. The van der Waals surface area contributed by atoms with Crippen LogP contribution >= 0.6 is 0 Å². The van der Waals surface area contributed by atoms with Crippen molar-refractivity contribution in [2.24, 2.45) is 0 Å². The maximum atomic E-state index is 12.1. The van der Waals surface area contributed by atoms with Crippen molar-refractivity contribution in [1.82, 2.24) is 10.2 Å². The third kappa shape index (κ3) is 2.72. The summed E-state index contributed by atoms with van der Waals surface area (Å²) in [4.78, 5) is 24.4. The molecule has 5 nitrogen and oxygen atoms in total. The van der Waals surface area contributed by atoms with Crippen LogP contribution in [0.3, 0.4) is 0 Å². The van der Waals surface area contributed by atoms with Gasteiger partial charge in [-0.3, -0.25) is 9.59 Å². The van der Waals surface area contributed by atoms with Gasteiger partial charge in [0.15, 0.2) is 0 Å². The number of rotatable bonds is 4. The van der Waals surface area contributed by atoms with Crippen molar-refractivity contribution >= 4 is 11.9 Å². The van der Waals surface area contributed by atoms with E-state index in [1.807, 2.05) is 0 Å². The molecule has 1 saturated heterocycles. The first-order valence-corrected chi connectivity index (χ1v) is 5.94. The zero-order chi connectivity index (χ0) is 11.5. The molecule has 90 valence electrons. The van der Waals surface area contributed by atoms with Crippen LogP contribution in [0.4, 0.5) is 0 Å². The van der Waals surface area contributed by atoms with Gasteiger partial charge in [-0.25, -0.2) is 0 Å². The monoisotopic (exact) mass is 226 g/mol. The molecule has 2 rings (SSSR count). The Labute approximate surface area is 94.8 Å². The fraction of sp³-hybridized carbons (Fsp3) is 0.818. The van der Waals surface area contributed by atoms with Crippen LogP contribution in [0.15, 0.2) is 0 Å². The summed E-state index contributed by atoms with van der Waals surface area (Å²) < 4.78 is 0. The number of aliphatic carboxylic acids is 1. The molecule has 1 aliphatic heterocycles. The zero-order valence-electron chi connectivity index (χ0n) is 9.32. The van der Waals surface area contributed by atoms with Gasteiger partial charge in [-0.2, -0.15) is 0 Å². The van der Waals surface area contributed by atoms with E-state index in [2.05, 4.69) is 5.32 Å². The first-order chi connectivity index (χ1) is 7.68. The second kappa shape index (κ2) is 4.82. The molecule has 2 aliphatic rings. The molecular formula is C11H18N2O3. The fourth-order valence-corrected chi connectivity index (χ4v) is 2.18. The van der Waals surface area contributed by atoms with Crippen LogP contribution in [-0.4, -0.2) is 47.1 Å². The Morgan fingerprint density at radius 3 is 2.50 bits per heavy atom. The van der Waals surface area contributed by atoms with E-state index < -0.39 is 5.97 Å². The van der Waals surface area contributed by atoms with Crippen LogP contribution in [0.1, 0.15) is 32.1 Å². The van der Waals surface area contributed by atoms with Crippen molar-refractivity contribution in [3.8, 4) is 0 Å². The summed E-state index contributed by atoms with van der Waals surface area (Å²) in [5.41, 5.74) is 0. The third-order valence-electron chi connectivity index (χ3n) is 3.18. The largest absolute Gasteiger partial charge is 0.480 e. The Morgan fingerprint density at radius 2 is 2.00 bits per heavy atom. The van der Waals surface area contributed by atoms with E-state index in [1.165, 1.54) is 4.90 Å². The predicted molar refractivity (Wildman–Crippen MR) is 58.0 cm³/mol. The van der Waals surface area contributed by atoms with Gasteiger partial charge in [0.05, 0.1) is 6.04 Å². The summed E-state index contributed by atoms with van der Waals surface area (Å²) in [7, 11) is 0. The minimum Gasteiger partial charge on any atom is -0.480 e. The highest BCUT2D eigenvalue weighted by molar-refractivity contribution is 5.86. The van der Waals surface area contributed by atoms with Gasteiger partial charge in [0, 0.05) is 6.04 Å². The average Bonchev–Trinajstić information content (AvgIpc) is 3.10. The Kier molecular flexibility index (Phi) is 3.43. The molecule has 1 atom stereocenters. The summed E-state index contributed by atoms with van der Waals surface area (Å²) in [5, 5.41) is 12.0. The molecule has 0 unspecified atom stereocenters. The maximum absolute atomic E-state index is 12.1. The SMILES string of the molecule is O=C(O)CN(C(=O)[C@@H]1CCCCN1)C1CC1. The molecule has 16 heavy (non-hydrogen) atoms. The number of hydrogen-bond donors (Lipinski definition) is 2. The normalized spacial score (nSPS) is 25.1. The van der Waals surface area contributed by atoms with Crippen molar-refractivity contribution in [2.45, 2.75) is 44.2 Å². The number of nitrogens with one attached hydrogen (secondary N) is 1. The van der Waals surface area contributed by atoms with Crippen molar-refractivity contribution < 1.29 is 14.7 Å². The van der Waals surface area contributed by atoms with Crippen molar-refractivity contribution in [3.05, 3.63) is 0 Å². The lowest BCUT2D eigenvalue weighted by Crippen LogP contribution is -2.50. The summed E-state index contributed by atoms with van der Waals surface area (Å²) in [6, 6.07) is 0.0148. The minimum atomic E-state index is -0.920. The quantitative estimate of drug-likeness (QED) is 0.718. The number of amides is 1. The Hall–Kier alpha value is -1.10. The first kappa shape index (κ1) is 11.4. The molecule has 1 amide bonds. The van der Waals surface area contributed by atoms with E-state index >= 15 is 0 Å². The van der Waals surface area contributed by atoms with Crippen LogP contribution < -0.4 is 5.32 Å². The summed E-state index contributed by atoms with van der Waals surface area (Å²) in [6.45, 7) is 0.712. The number of carboxylic acid groups (broad SMARTS) is 1. The number of carbonyl (C=O) groups is 2. The predicted octanol–water partition coefficient (Wildman–Crippen LogP) is 0.204. The van der Waals surface area contributed by atoms with E-state index in [0.29, 0.717) is 0 Å². The molecule has 1 heterocycles. The fourth-order valence-electron chi connectivity index (χ4n) is 2.18. The summed E-state index contributed by atoms with van der Waals surface area (Å²) >= 11 is 0. The molecule has 0 spiro atoms. The van der Waals surface area contributed by atoms with Crippen LogP contribution in [0, 0.1) is 0 Å². The lowest BCUT2D eigenvalue weighted by atomic mass is 10.0. The van der Waals surface area contributed by atoms with Crippen LogP contribution in [0.2, 0.25) is 0 Å². The van der Waals surface area contributed by atoms with Gasteiger partial charge < -0.3 is 15.3 Å². The molecule has 0 radical (unpaired) electrons. The van der Waals surface area contributed by atoms with Gasteiger partial charge >= 0.3 is 5.97 Å². The molecule has 1 aliphatic carbocycles. The van der Waals surface area contributed by atoms with Crippen LogP contribution in [-0.2, 0) is 9.59 Å². The number of piperidine rings is 1. The molecule has 1 saturated carbocycles. The molecule has 5 heteroatoms. The topological polar surface area (TPSA) is 69.6 Å². The molecule has 0 aromatic rings. The minimum absolute atomic E-state index is 0.0235. The zero-order valence-corrected chi connectivity index (χ0v) is 9.32. The van der Waals surface area contributed by atoms with Gasteiger partial charge in [0.25, 0.3) is 0 Å². The summed E-state index contributed by atoms with van der Waals surface area (Å²) in [6.07, 6.45) is 4.89. The standard InChI is InChI=1S/C11H18N2O3/c14-10(15)7-13(8-4-5-8)11(16)9-3-1-2-6-12-9/h8-9,12H,1-7H2,(H,14,15)/t9-/m0/s1. The van der Waals surface area contributed by atoms with Crippen molar-refractivity contribution in [2.75, 3.05) is 13.1 Å². The van der Waals surface area contributed by atoms with Gasteiger partial charge in [-0.1, -0.05) is 6.42 Å². The highest BCUT2D eigenvalue weighted by Crippen LogP contribution is 2.27. The molecule has 2 N–H and O–H groups in total. The molecule has 0 aromatic heterocycles. The van der Waals surface area contributed by atoms with Gasteiger partial charge in [-0.15, -0.1) is 0 Å². The molecule has 2 fully saturated rings. The first-order valence-electron chi connectivity index (χ1n) is 5.94. The van der Waals surface area contributed by atoms with E-state index in [4.69, 9.17) is 5.11 Å². The number of carboxylic acids is 1. The highest BCUT2D eigenvalue weighted by Gasteiger charge is 2.37. The van der Waals surface area contributed by atoms with Crippen LogP contribution in [0.5, 0.6) is 0 Å². The smallest absolute Gasteiger partial charge is 0.323 e. The van der Waals surface area contributed by atoms with E-state index in [1.54, 1.807) is 0 Å². The molecule has 0 aromatic carbocycles. The van der Waals surface area contributed by atoms with Crippen molar-refractivity contribution in [1.29, 1.82) is 0 Å². The van der Waals surface area contributed by atoms with Crippen LogP contribution in [0.25, 0.3) is 0 Å². The Bertz CT molecular complexity index is 283. The maximum Gasteiger partial charge on any atom is 0.323 e. The summed E-state index contributed by atoms with van der Waals surface area (Å²) in [5.74, 6) is -0.944. The van der Waals surface area contributed by atoms with E-state index in [-0.39, 0.29) is 24.5 Å². The van der Waals surface area contributed by atoms with Crippen molar-refractivity contribution in [3.63, 3.8) is 0 Å².